The van der Waals surface area contributed by atoms with Crippen molar-refractivity contribution in [3.63, 3.8) is 0 Å². The van der Waals surface area contributed by atoms with E-state index in [1.807, 2.05) is 0 Å². The smallest absolute Gasteiger partial charge is 0.410 e. The van der Waals surface area contributed by atoms with E-state index in [0.29, 0.717) is 19.3 Å². The van der Waals surface area contributed by atoms with E-state index in [0.717, 1.165) is 0 Å². The molecule has 1 saturated heterocycles. The number of halogens is 1. The average Bonchev–Trinajstić information content (AvgIpc) is 2.15. The minimum absolute atomic E-state index is 0.0572. The van der Waals surface area contributed by atoms with Gasteiger partial charge in [0.05, 0.1) is 6.54 Å². The molecule has 0 unspecified atom stereocenters. The number of piperidine rings is 1. The Kier molecular flexibility index (Phi) is 3.88. The van der Waals surface area contributed by atoms with Gasteiger partial charge in [0, 0.05) is 12.5 Å². The van der Waals surface area contributed by atoms with Crippen molar-refractivity contribution in [2.75, 3.05) is 13.1 Å². The van der Waals surface area contributed by atoms with Crippen LogP contribution in [0.3, 0.4) is 0 Å². The summed E-state index contributed by atoms with van der Waals surface area (Å²) < 4.78 is 18.5. The zero-order chi connectivity index (χ0) is 12.3. The molecule has 92 valence electrons. The van der Waals surface area contributed by atoms with Crippen molar-refractivity contribution < 1.29 is 18.7 Å². The van der Waals surface area contributed by atoms with Crippen molar-refractivity contribution in [1.29, 1.82) is 0 Å². The number of nitrogens with zero attached hydrogens (tertiary/aromatic N) is 1. The molecule has 1 aliphatic rings. The van der Waals surface area contributed by atoms with Gasteiger partial charge in [0.1, 0.15) is 18.1 Å². The summed E-state index contributed by atoms with van der Waals surface area (Å²) in [7, 11) is 0. The lowest BCUT2D eigenvalue weighted by molar-refractivity contribution is -0.114. The van der Waals surface area contributed by atoms with E-state index in [4.69, 9.17) is 4.74 Å². The number of rotatable bonds is 1. The van der Waals surface area contributed by atoms with E-state index in [1.165, 1.54) is 4.90 Å². The maximum absolute atomic E-state index is 13.4. The van der Waals surface area contributed by atoms with Gasteiger partial charge in [-0.25, -0.2) is 9.18 Å². The molecule has 1 aliphatic heterocycles. The van der Waals surface area contributed by atoms with E-state index >= 15 is 0 Å². The van der Waals surface area contributed by atoms with Crippen molar-refractivity contribution in [1.82, 2.24) is 4.90 Å². The van der Waals surface area contributed by atoms with E-state index in [2.05, 4.69) is 0 Å². The van der Waals surface area contributed by atoms with Crippen molar-refractivity contribution >= 4 is 12.4 Å². The zero-order valence-corrected chi connectivity index (χ0v) is 9.90. The Hall–Kier alpha value is -1.13. The highest BCUT2D eigenvalue weighted by Gasteiger charge is 2.33. The minimum atomic E-state index is -1.28. The fourth-order valence-corrected chi connectivity index (χ4v) is 1.57. The van der Waals surface area contributed by atoms with Gasteiger partial charge in [0.2, 0.25) is 0 Å². The molecule has 1 rings (SSSR count). The molecule has 2 atom stereocenters. The van der Waals surface area contributed by atoms with E-state index in [1.54, 1.807) is 20.8 Å². The number of aldehydes is 1. The van der Waals surface area contributed by atoms with Crippen LogP contribution in [0.2, 0.25) is 0 Å². The predicted octanol–water partition coefficient (Wildman–Crippen LogP) is 1.78. The fourth-order valence-electron chi connectivity index (χ4n) is 1.57. The number of amides is 1. The molecule has 4 nitrogen and oxygen atoms in total. The third-order valence-corrected chi connectivity index (χ3v) is 2.42. The Morgan fingerprint density at radius 1 is 1.50 bits per heavy atom. The molecular formula is C11H18FNO3. The van der Waals surface area contributed by atoms with Crippen LogP contribution in [-0.2, 0) is 9.53 Å². The van der Waals surface area contributed by atoms with Crippen LogP contribution >= 0.6 is 0 Å². The van der Waals surface area contributed by atoms with Crippen LogP contribution in [0.5, 0.6) is 0 Å². The summed E-state index contributed by atoms with van der Waals surface area (Å²) in [4.78, 5) is 23.4. The van der Waals surface area contributed by atoms with Gasteiger partial charge in [-0.1, -0.05) is 0 Å². The van der Waals surface area contributed by atoms with E-state index in [9.17, 15) is 14.0 Å². The molecule has 1 fully saturated rings. The van der Waals surface area contributed by atoms with Crippen molar-refractivity contribution in [2.45, 2.75) is 39.0 Å². The summed E-state index contributed by atoms with van der Waals surface area (Å²) in [6.07, 6.45) is -0.806. The van der Waals surface area contributed by atoms with Crippen molar-refractivity contribution in [2.24, 2.45) is 5.92 Å². The van der Waals surface area contributed by atoms with Gasteiger partial charge >= 0.3 is 6.09 Å². The quantitative estimate of drug-likeness (QED) is 0.646. The largest absolute Gasteiger partial charge is 0.444 e. The van der Waals surface area contributed by atoms with Crippen molar-refractivity contribution in [3.05, 3.63) is 0 Å². The number of carbonyl (C=O) groups excluding carboxylic acids is 2. The second kappa shape index (κ2) is 4.80. The van der Waals surface area contributed by atoms with Crippen LogP contribution in [-0.4, -0.2) is 42.1 Å². The lowest BCUT2D eigenvalue weighted by Gasteiger charge is -2.33. The van der Waals surface area contributed by atoms with Crippen molar-refractivity contribution in [3.8, 4) is 0 Å². The number of ether oxygens (including phenoxy) is 1. The summed E-state index contributed by atoms with van der Waals surface area (Å²) in [5, 5.41) is 0. The van der Waals surface area contributed by atoms with Crippen LogP contribution < -0.4 is 0 Å². The summed E-state index contributed by atoms with van der Waals surface area (Å²) in [5.74, 6) is -0.585. The molecule has 0 aliphatic carbocycles. The fraction of sp³-hybridized carbons (Fsp3) is 0.818. The Balaban J connectivity index is 2.51. The molecule has 0 spiro atoms. The predicted molar refractivity (Wildman–Crippen MR) is 56.9 cm³/mol. The first kappa shape index (κ1) is 12.9. The normalized spacial score (nSPS) is 26.4. The highest BCUT2D eigenvalue weighted by Crippen LogP contribution is 2.20. The summed E-state index contributed by atoms with van der Waals surface area (Å²) >= 11 is 0. The second-order valence-electron chi connectivity index (χ2n) is 5.03. The molecule has 0 aromatic heterocycles. The molecule has 0 aromatic rings. The number of likely N-dealkylation sites (tertiary alicyclic amines) is 1. The lowest BCUT2D eigenvalue weighted by Crippen LogP contribution is -2.47. The SMILES string of the molecule is CC(C)(C)OC(=O)N1CC[C@@H](C=O)[C@@H](F)C1. The summed E-state index contributed by atoms with van der Waals surface area (Å²) in [5.41, 5.74) is -0.579. The van der Waals surface area contributed by atoms with Gasteiger partial charge in [0.25, 0.3) is 0 Å². The number of hydrogen-bond donors (Lipinski definition) is 0. The molecule has 0 N–H and O–H groups in total. The molecule has 16 heavy (non-hydrogen) atoms. The monoisotopic (exact) mass is 231 g/mol. The first-order valence-electron chi connectivity index (χ1n) is 5.41. The van der Waals surface area contributed by atoms with Gasteiger partial charge in [-0.15, -0.1) is 0 Å². The molecule has 0 bridgehead atoms. The number of hydrogen-bond acceptors (Lipinski definition) is 3. The van der Waals surface area contributed by atoms with Crippen LogP contribution in [0.4, 0.5) is 9.18 Å². The average molecular weight is 231 g/mol. The summed E-state index contributed by atoms with van der Waals surface area (Å²) in [6.45, 7) is 5.60. The topological polar surface area (TPSA) is 46.6 Å². The highest BCUT2D eigenvalue weighted by atomic mass is 19.1. The van der Waals surface area contributed by atoms with Crippen LogP contribution in [0.15, 0.2) is 0 Å². The van der Waals surface area contributed by atoms with Gasteiger partial charge in [-0.2, -0.15) is 0 Å². The van der Waals surface area contributed by atoms with Crippen LogP contribution in [0, 0.1) is 5.92 Å². The van der Waals surface area contributed by atoms with Crippen LogP contribution in [0.1, 0.15) is 27.2 Å². The number of alkyl halides is 1. The first-order valence-corrected chi connectivity index (χ1v) is 5.41. The molecule has 5 heteroatoms. The third kappa shape index (κ3) is 3.47. The Morgan fingerprint density at radius 2 is 2.12 bits per heavy atom. The minimum Gasteiger partial charge on any atom is -0.444 e. The van der Waals surface area contributed by atoms with Gasteiger partial charge in [-0.3, -0.25) is 0 Å². The third-order valence-electron chi connectivity index (χ3n) is 2.42. The maximum Gasteiger partial charge on any atom is 0.410 e. The second-order valence-corrected chi connectivity index (χ2v) is 5.03. The molecular weight excluding hydrogens is 213 g/mol. The van der Waals surface area contributed by atoms with Crippen LogP contribution in [0.25, 0.3) is 0 Å². The van der Waals surface area contributed by atoms with Gasteiger partial charge in [-0.05, 0) is 27.2 Å². The maximum atomic E-state index is 13.4. The van der Waals surface area contributed by atoms with Gasteiger partial charge in [0.15, 0.2) is 0 Å². The highest BCUT2D eigenvalue weighted by molar-refractivity contribution is 5.68. The van der Waals surface area contributed by atoms with Gasteiger partial charge < -0.3 is 14.4 Å². The molecule has 0 aromatic carbocycles. The molecule has 0 saturated carbocycles. The van der Waals surface area contributed by atoms with E-state index < -0.39 is 23.8 Å². The Morgan fingerprint density at radius 3 is 2.56 bits per heavy atom. The Bertz CT molecular complexity index is 275. The molecule has 1 heterocycles. The standard InChI is InChI=1S/C11H18FNO3/c1-11(2,3)16-10(15)13-5-4-8(7-14)9(12)6-13/h7-9H,4-6H2,1-3H3/t8-,9-/m0/s1. The Labute approximate surface area is 94.7 Å². The summed E-state index contributed by atoms with van der Waals surface area (Å²) in [6, 6.07) is 0. The lowest BCUT2D eigenvalue weighted by atomic mass is 9.97. The number of carbonyl (C=O) groups is 2. The molecule has 1 amide bonds. The molecule has 0 radical (unpaired) electrons. The first-order chi connectivity index (χ1) is 7.33. The zero-order valence-electron chi connectivity index (χ0n) is 9.90. The van der Waals surface area contributed by atoms with E-state index in [-0.39, 0.29) is 6.54 Å².